The zero-order valence-electron chi connectivity index (χ0n) is 16.7. The fourth-order valence-electron chi connectivity index (χ4n) is 6.71. The van der Waals surface area contributed by atoms with Gasteiger partial charge < -0.3 is 5.32 Å². The molecule has 2 nitrogen and oxygen atoms in total. The van der Waals surface area contributed by atoms with Gasteiger partial charge >= 0.3 is 0 Å². The topological polar surface area (TPSA) is 29.1 Å². The molecular formula is C24H35NO. The fourth-order valence-corrected chi connectivity index (χ4v) is 6.71. The molecule has 0 aliphatic heterocycles. The van der Waals surface area contributed by atoms with E-state index in [1.54, 1.807) is 0 Å². The minimum Gasteiger partial charge on any atom is -0.356 e. The number of hydrogen-bond donors (Lipinski definition) is 1. The first kappa shape index (κ1) is 18.1. The highest BCUT2D eigenvalue weighted by atomic mass is 16.2. The van der Waals surface area contributed by atoms with Gasteiger partial charge in [-0.15, -0.1) is 0 Å². The summed E-state index contributed by atoms with van der Waals surface area (Å²) < 4.78 is 0. The Morgan fingerprint density at radius 2 is 1.73 bits per heavy atom. The Kier molecular flexibility index (Phi) is 4.88. The second-order valence-corrected chi connectivity index (χ2v) is 9.70. The highest BCUT2D eigenvalue weighted by molar-refractivity contribution is 5.83. The van der Waals surface area contributed by atoms with Crippen molar-refractivity contribution in [2.75, 3.05) is 6.54 Å². The predicted molar refractivity (Wildman–Crippen MR) is 107 cm³/mol. The van der Waals surface area contributed by atoms with Crippen LogP contribution in [0.25, 0.3) is 0 Å². The number of carbonyl (C=O) groups excluding carboxylic acids is 1. The molecule has 4 fully saturated rings. The maximum Gasteiger partial charge on any atom is 0.226 e. The summed E-state index contributed by atoms with van der Waals surface area (Å²) in [4.78, 5) is 13.2. The number of amides is 1. The molecule has 4 aliphatic carbocycles. The van der Waals surface area contributed by atoms with E-state index >= 15 is 0 Å². The molecule has 1 N–H and O–H groups in total. The Balaban J connectivity index is 1.51. The van der Waals surface area contributed by atoms with Crippen LogP contribution in [0.1, 0.15) is 82.3 Å². The van der Waals surface area contributed by atoms with E-state index in [-0.39, 0.29) is 10.8 Å². The van der Waals surface area contributed by atoms with Crippen LogP contribution in [-0.4, -0.2) is 12.5 Å². The summed E-state index contributed by atoms with van der Waals surface area (Å²) in [5, 5.41) is 3.34. The first-order valence-electron chi connectivity index (χ1n) is 10.9. The maximum atomic E-state index is 13.2. The van der Waals surface area contributed by atoms with Crippen LogP contribution in [0.4, 0.5) is 0 Å². The zero-order chi connectivity index (χ0) is 18.2. The van der Waals surface area contributed by atoms with Crippen molar-refractivity contribution in [2.45, 2.75) is 83.5 Å². The molecule has 0 unspecified atom stereocenters. The lowest BCUT2D eigenvalue weighted by Crippen LogP contribution is -2.59. The Morgan fingerprint density at radius 3 is 2.38 bits per heavy atom. The van der Waals surface area contributed by atoms with Crippen molar-refractivity contribution in [2.24, 2.45) is 17.3 Å². The molecule has 1 amide bonds. The molecular weight excluding hydrogens is 318 g/mol. The summed E-state index contributed by atoms with van der Waals surface area (Å²) in [6.45, 7) is 5.27. The molecule has 5 rings (SSSR count). The molecule has 0 heterocycles. The van der Waals surface area contributed by atoms with Gasteiger partial charge in [-0.25, -0.2) is 0 Å². The Morgan fingerprint density at radius 1 is 1.04 bits per heavy atom. The van der Waals surface area contributed by atoms with E-state index < -0.39 is 0 Å². The van der Waals surface area contributed by atoms with Gasteiger partial charge in [0.15, 0.2) is 0 Å². The predicted octanol–water partition coefficient (Wildman–Crippen LogP) is 5.53. The molecule has 0 saturated heterocycles. The Bertz CT molecular complexity index is 633. The highest BCUT2D eigenvalue weighted by Gasteiger charge is 2.60. The summed E-state index contributed by atoms with van der Waals surface area (Å²) in [6.07, 6.45) is 12.2. The van der Waals surface area contributed by atoms with E-state index in [4.69, 9.17) is 0 Å². The molecule has 0 aromatic heterocycles. The zero-order valence-corrected chi connectivity index (χ0v) is 16.7. The largest absolute Gasteiger partial charge is 0.356 e. The minimum atomic E-state index is -0.0836. The van der Waals surface area contributed by atoms with Crippen LogP contribution < -0.4 is 5.32 Å². The van der Waals surface area contributed by atoms with E-state index in [0.717, 1.165) is 44.1 Å². The van der Waals surface area contributed by atoms with Gasteiger partial charge in [0.2, 0.25) is 5.91 Å². The summed E-state index contributed by atoms with van der Waals surface area (Å²) in [5.41, 5.74) is 3.01. The first-order valence-corrected chi connectivity index (χ1v) is 10.9. The quantitative estimate of drug-likeness (QED) is 0.642. The van der Waals surface area contributed by atoms with Gasteiger partial charge in [-0.2, -0.15) is 0 Å². The van der Waals surface area contributed by atoms with Crippen LogP contribution in [0.2, 0.25) is 0 Å². The van der Waals surface area contributed by atoms with Crippen molar-refractivity contribution in [3.05, 3.63) is 35.4 Å². The first-order chi connectivity index (χ1) is 12.6. The van der Waals surface area contributed by atoms with Crippen LogP contribution in [-0.2, 0) is 10.2 Å². The average molecular weight is 354 g/mol. The molecule has 2 atom stereocenters. The molecule has 26 heavy (non-hydrogen) atoms. The number of unbranched alkanes of at least 4 members (excludes halogenated alkanes) is 3. The molecule has 0 spiro atoms. The molecule has 1 aromatic rings. The smallest absolute Gasteiger partial charge is 0.226 e. The normalized spacial score (nSPS) is 34.8. The molecule has 2 heteroatoms. The van der Waals surface area contributed by atoms with Crippen molar-refractivity contribution in [3.8, 4) is 0 Å². The molecule has 1 aromatic carbocycles. The van der Waals surface area contributed by atoms with Gasteiger partial charge in [-0.05, 0) is 74.7 Å². The lowest BCUT2D eigenvalue weighted by molar-refractivity contribution is -0.149. The van der Waals surface area contributed by atoms with Crippen LogP contribution in [0.15, 0.2) is 24.3 Å². The van der Waals surface area contributed by atoms with Crippen molar-refractivity contribution in [1.29, 1.82) is 0 Å². The van der Waals surface area contributed by atoms with Gasteiger partial charge in [0.1, 0.15) is 0 Å². The molecule has 4 bridgehead atoms. The Hall–Kier alpha value is -1.31. The molecule has 0 radical (unpaired) electrons. The average Bonchev–Trinajstić information content (AvgIpc) is 2.60. The standard InChI is InChI=1S/C24H35NO/c1-3-4-5-6-11-25-22(26)24-15-19-12-20(16-24)14-23(13-19,17-24)21-9-7-18(2)8-10-21/h7-10,19-20H,3-6,11-17H2,1-2H3,(H,25,26)/t19-,20-,23?,24?/m0/s1. The van der Waals surface area contributed by atoms with E-state index in [0.29, 0.717) is 5.91 Å². The number of carbonyl (C=O) groups is 1. The molecule has 4 aliphatic rings. The van der Waals surface area contributed by atoms with E-state index in [2.05, 4.69) is 43.4 Å². The van der Waals surface area contributed by atoms with E-state index in [1.165, 1.54) is 49.7 Å². The summed E-state index contributed by atoms with van der Waals surface area (Å²) >= 11 is 0. The molecule has 4 saturated carbocycles. The highest BCUT2D eigenvalue weighted by Crippen LogP contribution is 2.65. The summed E-state index contributed by atoms with van der Waals surface area (Å²) in [7, 11) is 0. The van der Waals surface area contributed by atoms with Crippen molar-refractivity contribution >= 4 is 5.91 Å². The van der Waals surface area contributed by atoms with Crippen LogP contribution in [0.5, 0.6) is 0 Å². The van der Waals surface area contributed by atoms with Crippen LogP contribution >= 0.6 is 0 Å². The summed E-state index contributed by atoms with van der Waals surface area (Å²) in [6, 6.07) is 9.21. The SMILES string of the molecule is CCCCCCNC(=O)C12C[C@H]3C[C@H](C1)CC(c1ccc(C)cc1)(C3)C2. The number of benzene rings is 1. The van der Waals surface area contributed by atoms with Crippen molar-refractivity contribution < 1.29 is 4.79 Å². The van der Waals surface area contributed by atoms with Crippen LogP contribution in [0, 0.1) is 24.2 Å². The third-order valence-electron chi connectivity index (χ3n) is 7.52. The van der Waals surface area contributed by atoms with Gasteiger partial charge in [-0.3, -0.25) is 4.79 Å². The van der Waals surface area contributed by atoms with Crippen molar-refractivity contribution in [3.63, 3.8) is 0 Å². The third kappa shape index (κ3) is 3.21. The number of aryl methyl sites for hydroxylation is 1. The summed E-state index contributed by atoms with van der Waals surface area (Å²) in [5.74, 6) is 1.88. The second kappa shape index (κ2) is 7.02. The lowest BCUT2D eigenvalue weighted by Gasteiger charge is -2.61. The lowest BCUT2D eigenvalue weighted by atomic mass is 9.42. The van der Waals surface area contributed by atoms with Gasteiger partial charge in [-0.1, -0.05) is 56.0 Å². The maximum absolute atomic E-state index is 13.2. The number of rotatable bonds is 7. The van der Waals surface area contributed by atoms with E-state index in [1.807, 2.05) is 0 Å². The number of hydrogen-bond acceptors (Lipinski definition) is 1. The Labute approximate surface area is 159 Å². The van der Waals surface area contributed by atoms with Gasteiger partial charge in [0, 0.05) is 6.54 Å². The van der Waals surface area contributed by atoms with Crippen LogP contribution in [0.3, 0.4) is 0 Å². The fraction of sp³-hybridized carbons (Fsp3) is 0.708. The number of nitrogens with one attached hydrogen (secondary N) is 1. The minimum absolute atomic E-state index is 0.0836. The molecule has 142 valence electrons. The third-order valence-corrected chi connectivity index (χ3v) is 7.52. The van der Waals surface area contributed by atoms with Gasteiger partial charge in [0.05, 0.1) is 5.41 Å². The second-order valence-electron chi connectivity index (χ2n) is 9.70. The monoisotopic (exact) mass is 353 g/mol. The van der Waals surface area contributed by atoms with Gasteiger partial charge in [0.25, 0.3) is 0 Å². The van der Waals surface area contributed by atoms with E-state index in [9.17, 15) is 4.79 Å². The van der Waals surface area contributed by atoms with Crippen molar-refractivity contribution in [1.82, 2.24) is 5.32 Å².